The molecule has 2 N–H and O–H groups in total. The number of rotatable bonds is 5. The number of anilines is 1. The van der Waals surface area contributed by atoms with Gasteiger partial charge in [0.15, 0.2) is 5.60 Å². The molecule has 0 aliphatic rings. The maximum absolute atomic E-state index is 13.0. The van der Waals surface area contributed by atoms with Crippen LogP contribution in [0.5, 0.6) is 5.75 Å². The average Bonchev–Trinajstić information content (AvgIpc) is 2.60. The fourth-order valence-electron chi connectivity index (χ4n) is 1.94. The highest BCUT2D eigenvalue weighted by Crippen LogP contribution is 2.33. The van der Waals surface area contributed by atoms with Crippen LogP contribution in [0.15, 0.2) is 42.7 Å². The maximum atomic E-state index is 13.0. The minimum absolute atomic E-state index is 0.203. The first-order chi connectivity index (χ1) is 12.1. The van der Waals surface area contributed by atoms with E-state index < -0.39 is 35.4 Å². The van der Waals surface area contributed by atoms with Gasteiger partial charge in [-0.25, -0.2) is 0 Å². The average molecular weight is 365 g/mol. The number of pyridine rings is 1. The third-order valence-electron chi connectivity index (χ3n) is 3.36. The quantitative estimate of drug-likeness (QED) is 0.850. The molecule has 1 amide bonds. The first-order valence-electron chi connectivity index (χ1n) is 7.31. The lowest BCUT2D eigenvalue weighted by Crippen LogP contribution is -2.45. The maximum Gasteiger partial charge on any atom is 0.417 e. The van der Waals surface area contributed by atoms with Crippen LogP contribution in [0.1, 0.15) is 18.1 Å². The molecule has 2 aromatic rings. The molecule has 0 saturated carbocycles. The highest BCUT2D eigenvalue weighted by Gasteiger charge is 2.35. The van der Waals surface area contributed by atoms with E-state index in [1.807, 2.05) is 0 Å². The number of amides is 1. The van der Waals surface area contributed by atoms with Gasteiger partial charge >= 0.3 is 6.18 Å². The summed E-state index contributed by atoms with van der Waals surface area (Å²) in [5.41, 5.74) is -3.95. The van der Waals surface area contributed by atoms with Crippen LogP contribution in [-0.2, 0) is 11.0 Å². The predicted octanol–water partition coefficient (Wildman–Crippen LogP) is 2.74. The van der Waals surface area contributed by atoms with Crippen LogP contribution in [0.3, 0.4) is 0 Å². The summed E-state index contributed by atoms with van der Waals surface area (Å²) >= 11 is 0. The molecule has 6 nitrogen and oxygen atoms in total. The molecule has 0 radical (unpaired) electrons. The van der Waals surface area contributed by atoms with Crippen molar-refractivity contribution in [1.82, 2.24) is 4.98 Å². The molecule has 0 spiro atoms. The van der Waals surface area contributed by atoms with Gasteiger partial charge in [-0.3, -0.25) is 9.78 Å². The van der Waals surface area contributed by atoms with Gasteiger partial charge in [0.1, 0.15) is 12.4 Å². The summed E-state index contributed by atoms with van der Waals surface area (Å²) in [4.78, 5) is 16.0. The molecule has 1 aromatic carbocycles. The molecule has 1 unspecified atom stereocenters. The summed E-state index contributed by atoms with van der Waals surface area (Å²) in [6.07, 6.45) is -1.84. The number of alkyl halides is 3. The van der Waals surface area contributed by atoms with Crippen molar-refractivity contribution >= 4 is 11.6 Å². The van der Waals surface area contributed by atoms with Crippen molar-refractivity contribution in [3.05, 3.63) is 53.9 Å². The van der Waals surface area contributed by atoms with Crippen LogP contribution in [0.2, 0.25) is 0 Å². The standard InChI is InChI=1S/C17H14F3N3O3/c1-16(25,10-26-13-4-6-22-7-5-13)15(24)23-12-3-2-11(9-21)14(8-12)17(18,19)20/h2-8,25H,10H2,1H3,(H,23,24). The number of nitrogens with one attached hydrogen (secondary N) is 1. The Morgan fingerprint density at radius 2 is 1.96 bits per heavy atom. The Hall–Kier alpha value is -3.12. The Kier molecular flexibility index (Phi) is 5.47. The van der Waals surface area contributed by atoms with Gasteiger partial charge in [-0.2, -0.15) is 18.4 Å². The fraction of sp³-hybridized carbons (Fsp3) is 0.235. The second kappa shape index (κ2) is 7.41. The molecule has 0 bridgehead atoms. The van der Waals surface area contributed by atoms with Gasteiger partial charge in [-0.05, 0) is 37.3 Å². The Balaban J connectivity index is 2.12. The van der Waals surface area contributed by atoms with E-state index in [1.54, 1.807) is 0 Å². The Labute approximate surface area is 146 Å². The lowest BCUT2D eigenvalue weighted by molar-refractivity contribution is -0.138. The molecular weight excluding hydrogens is 351 g/mol. The summed E-state index contributed by atoms with van der Waals surface area (Å²) < 4.78 is 44.1. The molecule has 2 rings (SSSR count). The van der Waals surface area contributed by atoms with Crippen LogP contribution >= 0.6 is 0 Å². The SMILES string of the molecule is CC(O)(COc1ccncc1)C(=O)Nc1ccc(C#N)c(C(F)(F)F)c1. The summed E-state index contributed by atoms with van der Waals surface area (Å²) in [7, 11) is 0. The number of nitrogens with zero attached hydrogens (tertiary/aromatic N) is 2. The zero-order valence-corrected chi connectivity index (χ0v) is 13.5. The number of carbonyl (C=O) groups excluding carboxylic acids is 1. The number of aliphatic hydroxyl groups is 1. The first kappa shape index (κ1) is 19.2. The largest absolute Gasteiger partial charge is 0.490 e. The normalized spacial score (nSPS) is 13.4. The second-order valence-corrected chi connectivity index (χ2v) is 5.57. The minimum Gasteiger partial charge on any atom is -0.490 e. The summed E-state index contributed by atoms with van der Waals surface area (Å²) in [5.74, 6) is -0.588. The van der Waals surface area contributed by atoms with Gasteiger partial charge in [0.2, 0.25) is 0 Å². The second-order valence-electron chi connectivity index (χ2n) is 5.57. The molecule has 1 atom stereocenters. The monoisotopic (exact) mass is 365 g/mol. The molecule has 0 aliphatic heterocycles. The number of nitriles is 1. The molecule has 26 heavy (non-hydrogen) atoms. The van der Waals surface area contributed by atoms with Crippen molar-refractivity contribution in [3.8, 4) is 11.8 Å². The summed E-state index contributed by atoms with van der Waals surface area (Å²) in [6.45, 7) is 0.739. The number of ether oxygens (including phenoxy) is 1. The Morgan fingerprint density at radius 3 is 2.54 bits per heavy atom. The van der Waals surface area contributed by atoms with E-state index in [-0.39, 0.29) is 5.69 Å². The highest BCUT2D eigenvalue weighted by atomic mass is 19.4. The van der Waals surface area contributed by atoms with Crippen molar-refractivity contribution in [2.45, 2.75) is 18.7 Å². The third-order valence-corrected chi connectivity index (χ3v) is 3.36. The summed E-state index contributed by atoms with van der Waals surface area (Å²) in [6, 6.07) is 7.20. The van der Waals surface area contributed by atoms with Crippen LogP contribution in [0, 0.1) is 11.3 Å². The van der Waals surface area contributed by atoms with E-state index in [0.717, 1.165) is 19.1 Å². The van der Waals surface area contributed by atoms with Crippen LogP contribution in [-0.4, -0.2) is 28.2 Å². The van der Waals surface area contributed by atoms with Crippen molar-refractivity contribution in [3.63, 3.8) is 0 Å². The number of carbonyl (C=O) groups is 1. The van der Waals surface area contributed by atoms with E-state index in [4.69, 9.17) is 10.00 Å². The Bertz CT molecular complexity index is 831. The zero-order valence-electron chi connectivity index (χ0n) is 13.5. The lowest BCUT2D eigenvalue weighted by atomic mass is 10.1. The molecule has 0 fully saturated rings. The van der Waals surface area contributed by atoms with Crippen LogP contribution < -0.4 is 10.1 Å². The topological polar surface area (TPSA) is 95.2 Å². The van der Waals surface area contributed by atoms with Gasteiger partial charge in [0.25, 0.3) is 5.91 Å². The van der Waals surface area contributed by atoms with Crippen molar-refractivity contribution < 1.29 is 27.8 Å². The molecule has 1 heterocycles. The third kappa shape index (κ3) is 4.70. The van der Waals surface area contributed by atoms with Crippen molar-refractivity contribution in [1.29, 1.82) is 5.26 Å². The number of hydrogen-bond donors (Lipinski definition) is 2. The fourth-order valence-corrected chi connectivity index (χ4v) is 1.94. The van der Waals surface area contributed by atoms with E-state index in [1.165, 1.54) is 30.6 Å². The van der Waals surface area contributed by atoms with E-state index in [9.17, 15) is 23.1 Å². The smallest absolute Gasteiger partial charge is 0.417 e. The number of benzene rings is 1. The molecule has 0 saturated heterocycles. The van der Waals surface area contributed by atoms with Gasteiger partial charge in [0, 0.05) is 18.1 Å². The highest BCUT2D eigenvalue weighted by molar-refractivity contribution is 5.97. The first-order valence-corrected chi connectivity index (χ1v) is 7.31. The van der Waals surface area contributed by atoms with Crippen LogP contribution in [0.4, 0.5) is 18.9 Å². The minimum atomic E-state index is -4.75. The molecular formula is C17H14F3N3O3. The molecule has 1 aromatic heterocycles. The predicted molar refractivity (Wildman–Crippen MR) is 85.1 cm³/mol. The number of aromatic nitrogens is 1. The van der Waals surface area contributed by atoms with Crippen molar-refractivity contribution in [2.75, 3.05) is 11.9 Å². The Morgan fingerprint density at radius 1 is 1.31 bits per heavy atom. The van der Waals surface area contributed by atoms with Gasteiger partial charge in [-0.15, -0.1) is 0 Å². The van der Waals surface area contributed by atoms with E-state index in [2.05, 4.69) is 10.3 Å². The van der Waals surface area contributed by atoms with Crippen molar-refractivity contribution in [2.24, 2.45) is 0 Å². The van der Waals surface area contributed by atoms with Crippen LogP contribution in [0.25, 0.3) is 0 Å². The van der Waals surface area contributed by atoms with Gasteiger partial charge < -0.3 is 15.2 Å². The van der Waals surface area contributed by atoms with E-state index >= 15 is 0 Å². The summed E-state index contributed by atoms with van der Waals surface area (Å²) in [5, 5.41) is 21.2. The number of halogens is 3. The zero-order chi connectivity index (χ0) is 19.4. The lowest BCUT2D eigenvalue weighted by Gasteiger charge is -2.23. The molecule has 9 heteroatoms. The van der Waals surface area contributed by atoms with Gasteiger partial charge in [-0.1, -0.05) is 0 Å². The number of hydrogen-bond acceptors (Lipinski definition) is 5. The van der Waals surface area contributed by atoms with E-state index in [0.29, 0.717) is 11.8 Å². The van der Waals surface area contributed by atoms with Gasteiger partial charge in [0.05, 0.1) is 17.2 Å². The molecule has 136 valence electrons. The molecule has 0 aliphatic carbocycles.